The van der Waals surface area contributed by atoms with E-state index in [9.17, 15) is 4.79 Å². The summed E-state index contributed by atoms with van der Waals surface area (Å²) in [6, 6.07) is 0.208. The van der Waals surface area contributed by atoms with Crippen molar-refractivity contribution in [3.8, 4) is 0 Å². The molecule has 3 atom stereocenters. The zero-order valence-corrected chi connectivity index (χ0v) is 14.8. The molecule has 1 aromatic heterocycles. The van der Waals surface area contributed by atoms with Crippen LogP contribution >= 0.6 is 0 Å². The van der Waals surface area contributed by atoms with Crippen molar-refractivity contribution in [3.63, 3.8) is 0 Å². The number of rotatable bonds is 6. The number of hydrogen-bond donors (Lipinski definition) is 0. The van der Waals surface area contributed by atoms with Gasteiger partial charge in [-0.25, -0.2) is 0 Å². The molecule has 6 nitrogen and oxygen atoms in total. The second-order valence-corrected chi connectivity index (χ2v) is 7.03. The standard InChI is InChI=1S/C18H29N3O3/c1-14-10-19-20(11-14)12-16-6-3-4-8-21(16)18(22)15(2)24-13-17-7-5-9-23-17/h10-11,15-17H,3-9,12-13H2,1-2H3/t15-,16+,17-/m1/s1. The number of nitrogens with zero attached hydrogens (tertiary/aromatic N) is 3. The highest BCUT2D eigenvalue weighted by molar-refractivity contribution is 5.81. The summed E-state index contributed by atoms with van der Waals surface area (Å²) in [4.78, 5) is 14.8. The van der Waals surface area contributed by atoms with Crippen LogP contribution in [0.5, 0.6) is 0 Å². The summed E-state index contributed by atoms with van der Waals surface area (Å²) in [6.07, 6.45) is 9.04. The number of piperidine rings is 1. The first-order chi connectivity index (χ1) is 11.6. The SMILES string of the molecule is Cc1cnn(C[C@@H]2CCCCN2C(=O)[C@@H](C)OC[C@H]2CCCO2)c1. The van der Waals surface area contributed by atoms with Gasteiger partial charge in [0.15, 0.2) is 0 Å². The number of aryl methyl sites for hydroxylation is 1. The van der Waals surface area contributed by atoms with Gasteiger partial charge in [0.1, 0.15) is 6.10 Å². The first-order valence-electron chi connectivity index (χ1n) is 9.16. The molecule has 2 fully saturated rings. The molecule has 0 aliphatic carbocycles. The topological polar surface area (TPSA) is 56.6 Å². The molecule has 2 aliphatic heterocycles. The lowest BCUT2D eigenvalue weighted by molar-refractivity contribution is -0.148. The minimum atomic E-state index is -0.408. The Kier molecular flexibility index (Phi) is 5.89. The van der Waals surface area contributed by atoms with E-state index < -0.39 is 6.10 Å². The largest absolute Gasteiger partial charge is 0.376 e. The van der Waals surface area contributed by atoms with Crippen molar-refractivity contribution in [1.29, 1.82) is 0 Å². The lowest BCUT2D eigenvalue weighted by atomic mass is 10.0. The van der Waals surface area contributed by atoms with E-state index >= 15 is 0 Å². The molecule has 0 bridgehead atoms. The first-order valence-corrected chi connectivity index (χ1v) is 9.16. The molecule has 0 saturated carbocycles. The molecule has 0 aromatic carbocycles. The average molecular weight is 335 g/mol. The molecule has 3 rings (SSSR count). The summed E-state index contributed by atoms with van der Waals surface area (Å²) in [5, 5.41) is 4.37. The summed E-state index contributed by atoms with van der Waals surface area (Å²) in [7, 11) is 0. The predicted octanol–water partition coefficient (Wildman–Crippen LogP) is 2.16. The van der Waals surface area contributed by atoms with E-state index in [-0.39, 0.29) is 18.1 Å². The maximum atomic E-state index is 12.8. The molecule has 0 N–H and O–H groups in total. The van der Waals surface area contributed by atoms with E-state index in [1.807, 2.05) is 35.8 Å². The maximum absolute atomic E-state index is 12.8. The molecular weight excluding hydrogens is 306 g/mol. The van der Waals surface area contributed by atoms with Crippen molar-refractivity contribution in [1.82, 2.24) is 14.7 Å². The second-order valence-electron chi connectivity index (χ2n) is 7.03. The Balaban J connectivity index is 1.55. The van der Waals surface area contributed by atoms with E-state index in [0.717, 1.165) is 50.9 Å². The molecular formula is C18H29N3O3. The molecule has 0 radical (unpaired) electrons. The number of carbonyl (C=O) groups is 1. The zero-order chi connectivity index (χ0) is 16.9. The highest BCUT2D eigenvalue weighted by atomic mass is 16.5. The molecule has 6 heteroatoms. The number of ether oxygens (including phenoxy) is 2. The van der Waals surface area contributed by atoms with Crippen LogP contribution in [-0.2, 0) is 20.8 Å². The Morgan fingerprint density at radius 2 is 2.29 bits per heavy atom. The third-order valence-corrected chi connectivity index (χ3v) is 4.97. The molecule has 2 saturated heterocycles. The zero-order valence-electron chi connectivity index (χ0n) is 14.8. The van der Waals surface area contributed by atoms with Crippen LogP contribution in [0.4, 0.5) is 0 Å². The lowest BCUT2D eigenvalue weighted by Gasteiger charge is -2.37. The van der Waals surface area contributed by atoms with Crippen LogP contribution in [0.25, 0.3) is 0 Å². The minimum absolute atomic E-state index is 0.0987. The van der Waals surface area contributed by atoms with Crippen LogP contribution in [0, 0.1) is 6.92 Å². The van der Waals surface area contributed by atoms with Crippen molar-refractivity contribution in [2.24, 2.45) is 0 Å². The summed E-state index contributed by atoms with van der Waals surface area (Å²) >= 11 is 0. The third-order valence-electron chi connectivity index (χ3n) is 4.97. The van der Waals surface area contributed by atoms with Crippen molar-refractivity contribution < 1.29 is 14.3 Å². The highest BCUT2D eigenvalue weighted by Crippen LogP contribution is 2.21. The number of amides is 1. The fourth-order valence-electron chi connectivity index (χ4n) is 3.60. The number of aromatic nitrogens is 2. The van der Waals surface area contributed by atoms with Crippen molar-refractivity contribution in [2.75, 3.05) is 19.8 Å². The number of carbonyl (C=O) groups excluding carboxylic acids is 1. The monoisotopic (exact) mass is 335 g/mol. The van der Waals surface area contributed by atoms with E-state index in [4.69, 9.17) is 9.47 Å². The van der Waals surface area contributed by atoms with Gasteiger partial charge in [0.05, 0.1) is 31.5 Å². The predicted molar refractivity (Wildman–Crippen MR) is 90.7 cm³/mol. The molecule has 1 aromatic rings. The molecule has 3 heterocycles. The van der Waals surface area contributed by atoms with Gasteiger partial charge in [-0.15, -0.1) is 0 Å². The normalized spacial score (nSPS) is 25.8. The van der Waals surface area contributed by atoms with Crippen LogP contribution in [0.3, 0.4) is 0 Å². The van der Waals surface area contributed by atoms with Gasteiger partial charge in [0.2, 0.25) is 0 Å². The van der Waals surface area contributed by atoms with Gasteiger partial charge in [-0.05, 0) is 51.5 Å². The Morgan fingerprint density at radius 3 is 3.00 bits per heavy atom. The van der Waals surface area contributed by atoms with Gasteiger partial charge in [0, 0.05) is 19.3 Å². The molecule has 1 amide bonds. The summed E-state index contributed by atoms with van der Waals surface area (Å²) in [5.41, 5.74) is 1.15. The number of hydrogen-bond acceptors (Lipinski definition) is 4. The number of likely N-dealkylation sites (tertiary alicyclic amines) is 1. The lowest BCUT2D eigenvalue weighted by Crippen LogP contribution is -2.50. The van der Waals surface area contributed by atoms with Crippen LogP contribution in [0.15, 0.2) is 12.4 Å². The van der Waals surface area contributed by atoms with E-state index in [1.54, 1.807) is 0 Å². The average Bonchev–Trinajstić information content (AvgIpc) is 3.24. The van der Waals surface area contributed by atoms with Crippen LogP contribution in [0.1, 0.15) is 44.6 Å². The Morgan fingerprint density at radius 1 is 1.42 bits per heavy atom. The molecule has 0 unspecified atom stereocenters. The summed E-state index contributed by atoms with van der Waals surface area (Å²) < 4.78 is 13.3. The van der Waals surface area contributed by atoms with Crippen LogP contribution in [-0.4, -0.2) is 58.6 Å². The Bertz CT molecular complexity index is 539. The second kappa shape index (κ2) is 8.12. The highest BCUT2D eigenvalue weighted by Gasteiger charge is 2.31. The van der Waals surface area contributed by atoms with E-state index in [1.165, 1.54) is 6.42 Å². The fraction of sp³-hybridized carbons (Fsp3) is 0.778. The minimum Gasteiger partial charge on any atom is -0.376 e. The molecule has 2 aliphatic rings. The van der Waals surface area contributed by atoms with Gasteiger partial charge < -0.3 is 14.4 Å². The van der Waals surface area contributed by atoms with Crippen LogP contribution in [0.2, 0.25) is 0 Å². The van der Waals surface area contributed by atoms with Gasteiger partial charge in [-0.1, -0.05) is 0 Å². The van der Waals surface area contributed by atoms with Gasteiger partial charge in [0.25, 0.3) is 5.91 Å². The summed E-state index contributed by atoms with van der Waals surface area (Å²) in [5.74, 6) is 0.0987. The summed E-state index contributed by atoms with van der Waals surface area (Å²) in [6.45, 7) is 6.81. The molecule has 24 heavy (non-hydrogen) atoms. The van der Waals surface area contributed by atoms with E-state index in [2.05, 4.69) is 5.10 Å². The Labute approximate surface area is 144 Å². The van der Waals surface area contributed by atoms with Crippen molar-refractivity contribution >= 4 is 5.91 Å². The molecule has 0 spiro atoms. The quantitative estimate of drug-likeness (QED) is 0.799. The third kappa shape index (κ3) is 4.36. The Hall–Kier alpha value is -1.40. The van der Waals surface area contributed by atoms with Gasteiger partial charge >= 0.3 is 0 Å². The first kappa shape index (κ1) is 17.4. The maximum Gasteiger partial charge on any atom is 0.251 e. The van der Waals surface area contributed by atoms with Gasteiger partial charge in [-0.3, -0.25) is 9.48 Å². The fourth-order valence-corrected chi connectivity index (χ4v) is 3.60. The van der Waals surface area contributed by atoms with E-state index in [0.29, 0.717) is 6.61 Å². The van der Waals surface area contributed by atoms with Crippen molar-refractivity contribution in [2.45, 2.75) is 70.7 Å². The van der Waals surface area contributed by atoms with Gasteiger partial charge in [-0.2, -0.15) is 5.10 Å². The van der Waals surface area contributed by atoms with Crippen LogP contribution < -0.4 is 0 Å². The molecule has 134 valence electrons. The smallest absolute Gasteiger partial charge is 0.251 e. The van der Waals surface area contributed by atoms with Crippen molar-refractivity contribution in [3.05, 3.63) is 18.0 Å².